The molecule has 1 aromatic carbocycles. The van der Waals surface area contributed by atoms with Crippen LogP contribution in [0.2, 0.25) is 5.02 Å². The van der Waals surface area contributed by atoms with Gasteiger partial charge in [-0.1, -0.05) is 40.7 Å². The number of aromatic nitrogens is 5. The standard InChI is InChI=1S/C11H9ClN6OS/c12-7-4-2-1-3-6(7)9-14-8(18-19-9)5-20-11-15-10(13)16-17-11/h1-4H,5H2,(H3,13,15,16,17). The van der Waals surface area contributed by atoms with Crippen LogP contribution in [0.1, 0.15) is 5.82 Å². The van der Waals surface area contributed by atoms with Crippen LogP contribution in [0.5, 0.6) is 0 Å². The highest BCUT2D eigenvalue weighted by Gasteiger charge is 2.12. The summed E-state index contributed by atoms with van der Waals surface area (Å²) >= 11 is 7.43. The number of anilines is 1. The van der Waals surface area contributed by atoms with Crippen molar-refractivity contribution in [1.82, 2.24) is 25.3 Å². The Balaban J connectivity index is 1.72. The van der Waals surface area contributed by atoms with Crippen molar-refractivity contribution < 1.29 is 4.52 Å². The smallest absolute Gasteiger partial charge is 0.259 e. The zero-order valence-electron chi connectivity index (χ0n) is 10.1. The van der Waals surface area contributed by atoms with E-state index in [0.29, 0.717) is 33.2 Å². The van der Waals surface area contributed by atoms with E-state index in [1.54, 1.807) is 6.07 Å². The van der Waals surface area contributed by atoms with Crippen LogP contribution in [0.3, 0.4) is 0 Å². The van der Waals surface area contributed by atoms with E-state index in [4.69, 9.17) is 21.9 Å². The van der Waals surface area contributed by atoms with Gasteiger partial charge in [-0.3, -0.25) is 0 Å². The number of thioether (sulfide) groups is 1. The van der Waals surface area contributed by atoms with E-state index < -0.39 is 0 Å². The number of aromatic amines is 1. The van der Waals surface area contributed by atoms with Crippen LogP contribution in [-0.4, -0.2) is 25.3 Å². The SMILES string of the molecule is Nc1nc(SCc2noc(-c3ccccc3Cl)n2)n[nH]1. The summed E-state index contributed by atoms with van der Waals surface area (Å²) in [6, 6.07) is 7.29. The molecule has 0 atom stereocenters. The normalized spacial score (nSPS) is 10.8. The second kappa shape index (κ2) is 5.51. The second-order valence-electron chi connectivity index (χ2n) is 3.79. The fourth-order valence-electron chi connectivity index (χ4n) is 1.51. The lowest BCUT2D eigenvalue weighted by molar-refractivity contribution is 0.425. The number of nitrogens with two attached hydrogens (primary N) is 1. The minimum absolute atomic E-state index is 0.275. The number of hydrogen-bond donors (Lipinski definition) is 2. The Hall–Kier alpha value is -2.06. The molecule has 7 nitrogen and oxygen atoms in total. The van der Waals surface area contributed by atoms with Crippen molar-refractivity contribution in [2.24, 2.45) is 0 Å². The molecule has 0 amide bonds. The summed E-state index contributed by atoms with van der Waals surface area (Å²) in [5.41, 5.74) is 6.15. The molecular weight excluding hydrogens is 300 g/mol. The first kappa shape index (κ1) is 12.9. The van der Waals surface area contributed by atoms with E-state index in [1.165, 1.54) is 11.8 Å². The number of halogens is 1. The van der Waals surface area contributed by atoms with Gasteiger partial charge >= 0.3 is 0 Å². The van der Waals surface area contributed by atoms with Crippen LogP contribution >= 0.6 is 23.4 Å². The Morgan fingerprint density at radius 1 is 1.30 bits per heavy atom. The fourth-order valence-corrected chi connectivity index (χ4v) is 2.37. The van der Waals surface area contributed by atoms with Crippen LogP contribution in [0.4, 0.5) is 5.95 Å². The van der Waals surface area contributed by atoms with Gasteiger partial charge in [-0.15, -0.1) is 5.10 Å². The number of H-pyrrole nitrogens is 1. The molecule has 0 saturated heterocycles. The average Bonchev–Trinajstić information content (AvgIpc) is 3.06. The molecule has 20 heavy (non-hydrogen) atoms. The zero-order chi connectivity index (χ0) is 13.9. The van der Waals surface area contributed by atoms with Gasteiger partial charge in [0, 0.05) is 0 Å². The van der Waals surface area contributed by atoms with E-state index in [1.807, 2.05) is 18.2 Å². The predicted octanol–water partition coefficient (Wildman–Crippen LogP) is 2.38. The van der Waals surface area contributed by atoms with Gasteiger partial charge in [0.05, 0.1) is 16.3 Å². The van der Waals surface area contributed by atoms with Crippen molar-refractivity contribution in [3.05, 3.63) is 35.1 Å². The van der Waals surface area contributed by atoms with Gasteiger partial charge in [-0.05, 0) is 12.1 Å². The predicted molar refractivity (Wildman–Crippen MR) is 75.1 cm³/mol. The highest BCUT2D eigenvalue weighted by atomic mass is 35.5. The van der Waals surface area contributed by atoms with Crippen LogP contribution < -0.4 is 5.73 Å². The maximum absolute atomic E-state index is 6.07. The lowest BCUT2D eigenvalue weighted by atomic mass is 10.2. The van der Waals surface area contributed by atoms with Crippen molar-refractivity contribution >= 4 is 29.3 Å². The molecule has 0 unspecified atom stereocenters. The Labute approximate surface area is 122 Å². The zero-order valence-corrected chi connectivity index (χ0v) is 11.6. The highest BCUT2D eigenvalue weighted by molar-refractivity contribution is 7.98. The van der Waals surface area contributed by atoms with Gasteiger partial charge in [-0.25, -0.2) is 5.10 Å². The van der Waals surface area contributed by atoms with Crippen molar-refractivity contribution in [1.29, 1.82) is 0 Å². The molecule has 2 heterocycles. The largest absolute Gasteiger partial charge is 0.368 e. The minimum atomic E-state index is 0.275. The van der Waals surface area contributed by atoms with Gasteiger partial charge < -0.3 is 10.3 Å². The number of hydrogen-bond acceptors (Lipinski definition) is 7. The third-order valence-electron chi connectivity index (χ3n) is 2.38. The van der Waals surface area contributed by atoms with Gasteiger partial charge in [-0.2, -0.15) is 9.97 Å². The lowest BCUT2D eigenvalue weighted by Crippen LogP contribution is -1.86. The van der Waals surface area contributed by atoms with Crippen LogP contribution in [0, 0.1) is 0 Å². The van der Waals surface area contributed by atoms with E-state index in [0.717, 1.165) is 0 Å². The molecular formula is C11H9ClN6OS. The van der Waals surface area contributed by atoms with Crippen molar-refractivity contribution in [3.63, 3.8) is 0 Å². The van der Waals surface area contributed by atoms with Crippen LogP contribution in [0.15, 0.2) is 33.9 Å². The molecule has 3 aromatic rings. The maximum atomic E-state index is 6.07. The van der Waals surface area contributed by atoms with E-state index >= 15 is 0 Å². The van der Waals surface area contributed by atoms with Crippen molar-refractivity contribution in [3.8, 4) is 11.5 Å². The molecule has 3 N–H and O–H groups in total. The quantitative estimate of drug-likeness (QED) is 0.712. The average molecular weight is 309 g/mol. The first-order chi connectivity index (χ1) is 9.72. The van der Waals surface area contributed by atoms with Crippen molar-refractivity contribution in [2.45, 2.75) is 10.9 Å². The van der Waals surface area contributed by atoms with E-state index in [9.17, 15) is 0 Å². The summed E-state index contributed by atoms with van der Waals surface area (Å²) in [6.45, 7) is 0. The number of rotatable bonds is 4. The molecule has 2 aromatic heterocycles. The monoisotopic (exact) mass is 308 g/mol. The topological polar surface area (TPSA) is 107 Å². The Morgan fingerprint density at radius 3 is 2.90 bits per heavy atom. The molecule has 0 fully saturated rings. The molecule has 0 radical (unpaired) electrons. The maximum Gasteiger partial charge on any atom is 0.259 e. The van der Waals surface area contributed by atoms with Gasteiger partial charge in [0.15, 0.2) is 5.82 Å². The first-order valence-electron chi connectivity index (χ1n) is 5.60. The first-order valence-corrected chi connectivity index (χ1v) is 6.97. The molecule has 0 aliphatic rings. The third-order valence-corrected chi connectivity index (χ3v) is 3.56. The fraction of sp³-hybridized carbons (Fsp3) is 0.0909. The van der Waals surface area contributed by atoms with Crippen LogP contribution in [-0.2, 0) is 5.75 Å². The summed E-state index contributed by atoms with van der Waals surface area (Å²) < 4.78 is 5.19. The second-order valence-corrected chi connectivity index (χ2v) is 5.14. The summed E-state index contributed by atoms with van der Waals surface area (Å²) in [5, 5.41) is 11.5. The number of nitrogens with one attached hydrogen (secondary N) is 1. The molecule has 0 saturated carbocycles. The van der Waals surface area contributed by atoms with Gasteiger partial charge in [0.1, 0.15) is 0 Å². The molecule has 9 heteroatoms. The summed E-state index contributed by atoms with van der Waals surface area (Å²) in [5.74, 6) is 1.68. The molecule has 0 spiro atoms. The molecule has 0 aliphatic heterocycles. The van der Waals surface area contributed by atoms with E-state index in [2.05, 4.69) is 25.3 Å². The Morgan fingerprint density at radius 2 is 2.15 bits per heavy atom. The molecule has 0 bridgehead atoms. The number of benzene rings is 1. The minimum Gasteiger partial charge on any atom is -0.368 e. The summed E-state index contributed by atoms with van der Waals surface area (Å²) in [4.78, 5) is 8.25. The lowest BCUT2D eigenvalue weighted by Gasteiger charge is -1.95. The third kappa shape index (κ3) is 2.75. The molecule has 0 aliphatic carbocycles. The number of nitrogens with zero attached hydrogens (tertiary/aromatic N) is 4. The van der Waals surface area contributed by atoms with Gasteiger partial charge in [0.2, 0.25) is 11.1 Å². The molecule has 102 valence electrons. The highest BCUT2D eigenvalue weighted by Crippen LogP contribution is 2.27. The molecule has 3 rings (SSSR count). The number of nitrogen functional groups attached to an aromatic ring is 1. The Kier molecular flexibility index (Phi) is 3.57. The summed E-state index contributed by atoms with van der Waals surface area (Å²) in [7, 11) is 0. The van der Waals surface area contributed by atoms with E-state index in [-0.39, 0.29) is 5.95 Å². The Bertz CT molecular complexity index is 727. The van der Waals surface area contributed by atoms with Crippen LogP contribution in [0.25, 0.3) is 11.5 Å². The van der Waals surface area contributed by atoms with Gasteiger partial charge in [0.25, 0.3) is 5.89 Å². The van der Waals surface area contributed by atoms with Crippen molar-refractivity contribution in [2.75, 3.05) is 5.73 Å². The summed E-state index contributed by atoms with van der Waals surface area (Å²) in [6.07, 6.45) is 0.